The van der Waals surface area contributed by atoms with Gasteiger partial charge in [-0.05, 0) is 48.9 Å². The zero-order chi connectivity index (χ0) is 13.7. The molecule has 104 valence electrons. The first-order valence-electron chi connectivity index (χ1n) is 6.85. The monoisotopic (exact) mass is 324 g/mol. The van der Waals surface area contributed by atoms with E-state index in [1.165, 1.54) is 12.0 Å². The SMILES string of the molecule is NCC1(CNC(=O)CCc2ccc(Br)cc2)CCC1. The molecule has 0 saturated heterocycles. The molecule has 4 heteroatoms. The average Bonchev–Trinajstić information content (AvgIpc) is 2.37. The topological polar surface area (TPSA) is 55.1 Å². The van der Waals surface area contributed by atoms with Crippen molar-refractivity contribution in [2.75, 3.05) is 13.1 Å². The van der Waals surface area contributed by atoms with Crippen LogP contribution in [-0.4, -0.2) is 19.0 Å². The van der Waals surface area contributed by atoms with Crippen molar-refractivity contribution in [2.45, 2.75) is 32.1 Å². The number of aryl methyl sites for hydroxylation is 1. The van der Waals surface area contributed by atoms with E-state index >= 15 is 0 Å². The van der Waals surface area contributed by atoms with Gasteiger partial charge in [-0.3, -0.25) is 4.79 Å². The van der Waals surface area contributed by atoms with E-state index in [4.69, 9.17) is 5.73 Å². The van der Waals surface area contributed by atoms with Crippen LogP contribution in [0, 0.1) is 5.41 Å². The van der Waals surface area contributed by atoms with Crippen LogP contribution in [0.25, 0.3) is 0 Å². The van der Waals surface area contributed by atoms with Crippen LogP contribution in [-0.2, 0) is 11.2 Å². The lowest BCUT2D eigenvalue weighted by Crippen LogP contribution is -2.46. The highest BCUT2D eigenvalue weighted by molar-refractivity contribution is 9.10. The smallest absolute Gasteiger partial charge is 0.220 e. The van der Waals surface area contributed by atoms with E-state index in [0.717, 1.165) is 30.3 Å². The third-order valence-electron chi connectivity index (χ3n) is 4.06. The highest BCUT2D eigenvalue weighted by atomic mass is 79.9. The highest BCUT2D eigenvalue weighted by Crippen LogP contribution is 2.39. The van der Waals surface area contributed by atoms with Crippen molar-refractivity contribution in [1.82, 2.24) is 5.32 Å². The van der Waals surface area contributed by atoms with E-state index in [2.05, 4.69) is 21.2 Å². The molecule has 1 aliphatic rings. The molecule has 0 heterocycles. The minimum atomic E-state index is 0.127. The van der Waals surface area contributed by atoms with Crippen LogP contribution in [0.1, 0.15) is 31.2 Å². The van der Waals surface area contributed by atoms with Gasteiger partial charge < -0.3 is 11.1 Å². The molecular formula is C15H21BrN2O. The zero-order valence-corrected chi connectivity index (χ0v) is 12.7. The van der Waals surface area contributed by atoms with Crippen molar-refractivity contribution in [3.63, 3.8) is 0 Å². The van der Waals surface area contributed by atoms with Gasteiger partial charge in [0.2, 0.25) is 5.91 Å². The number of amides is 1. The number of nitrogens with one attached hydrogen (secondary N) is 1. The van der Waals surface area contributed by atoms with E-state index < -0.39 is 0 Å². The molecular weight excluding hydrogens is 304 g/mol. The summed E-state index contributed by atoms with van der Waals surface area (Å²) in [4.78, 5) is 11.8. The van der Waals surface area contributed by atoms with Gasteiger partial charge in [0.15, 0.2) is 0 Å². The Kier molecular flexibility index (Phi) is 4.99. The maximum absolute atomic E-state index is 11.8. The largest absolute Gasteiger partial charge is 0.355 e. The molecule has 3 nitrogen and oxygen atoms in total. The maximum Gasteiger partial charge on any atom is 0.220 e. The Balaban J connectivity index is 1.71. The summed E-state index contributed by atoms with van der Waals surface area (Å²) < 4.78 is 1.07. The fourth-order valence-electron chi connectivity index (χ4n) is 2.41. The summed E-state index contributed by atoms with van der Waals surface area (Å²) in [5.74, 6) is 0.127. The Morgan fingerprint density at radius 3 is 2.53 bits per heavy atom. The molecule has 1 aromatic carbocycles. The number of hydrogen-bond donors (Lipinski definition) is 2. The van der Waals surface area contributed by atoms with Gasteiger partial charge in [-0.25, -0.2) is 0 Å². The van der Waals surface area contributed by atoms with Crippen molar-refractivity contribution < 1.29 is 4.79 Å². The van der Waals surface area contributed by atoms with Crippen LogP contribution < -0.4 is 11.1 Å². The fraction of sp³-hybridized carbons (Fsp3) is 0.533. The number of nitrogens with two attached hydrogens (primary N) is 1. The van der Waals surface area contributed by atoms with Crippen molar-refractivity contribution in [2.24, 2.45) is 11.1 Å². The summed E-state index contributed by atoms with van der Waals surface area (Å²) in [6.07, 6.45) is 4.87. The minimum Gasteiger partial charge on any atom is -0.355 e. The number of carbonyl (C=O) groups excluding carboxylic acids is 1. The van der Waals surface area contributed by atoms with Gasteiger partial charge in [0.25, 0.3) is 0 Å². The molecule has 0 spiro atoms. The molecule has 3 N–H and O–H groups in total. The molecule has 1 saturated carbocycles. The summed E-state index contributed by atoms with van der Waals surface area (Å²) in [5, 5.41) is 3.03. The molecule has 0 radical (unpaired) electrons. The molecule has 1 aliphatic carbocycles. The van der Waals surface area contributed by atoms with Gasteiger partial charge in [-0.2, -0.15) is 0 Å². The van der Waals surface area contributed by atoms with Gasteiger partial charge in [-0.15, -0.1) is 0 Å². The Labute approximate surface area is 123 Å². The van der Waals surface area contributed by atoms with E-state index in [0.29, 0.717) is 13.0 Å². The fourth-order valence-corrected chi connectivity index (χ4v) is 2.68. The van der Waals surface area contributed by atoms with E-state index in [-0.39, 0.29) is 11.3 Å². The molecule has 0 aliphatic heterocycles. The lowest BCUT2D eigenvalue weighted by Gasteiger charge is -2.41. The third kappa shape index (κ3) is 4.05. The molecule has 0 aromatic heterocycles. The number of benzene rings is 1. The molecule has 1 aromatic rings. The van der Waals surface area contributed by atoms with Crippen molar-refractivity contribution in [3.8, 4) is 0 Å². The Hall–Kier alpha value is -0.870. The van der Waals surface area contributed by atoms with Crippen LogP contribution in [0.2, 0.25) is 0 Å². The number of carbonyl (C=O) groups is 1. The molecule has 0 atom stereocenters. The minimum absolute atomic E-state index is 0.127. The summed E-state index contributed by atoms with van der Waals surface area (Å²) in [6.45, 7) is 1.42. The summed E-state index contributed by atoms with van der Waals surface area (Å²) in [6, 6.07) is 8.10. The number of halogens is 1. The second-order valence-electron chi connectivity index (χ2n) is 5.46. The van der Waals surface area contributed by atoms with Crippen LogP contribution in [0.15, 0.2) is 28.7 Å². The summed E-state index contributed by atoms with van der Waals surface area (Å²) >= 11 is 3.40. The number of hydrogen-bond acceptors (Lipinski definition) is 2. The van der Waals surface area contributed by atoms with Crippen LogP contribution in [0.3, 0.4) is 0 Å². The van der Waals surface area contributed by atoms with Crippen molar-refractivity contribution >= 4 is 21.8 Å². The summed E-state index contributed by atoms with van der Waals surface area (Å²) in [5.41, 5.74) is 7.16. The molecule has 19 heavy (non-hydrogen) atoms. The van der Waals surface area contributed by atoms with Gasteiger partial charge in [0, 0.05) is 17.4 Å². The first kappa shape index (κ1) is 14.5. The van der Waals surface area contributed by atoms with E-state index in [1.807, 2.05) is 24.3 Å². The summed E-state index contributed by atoms with van der Waals surface area (Å²) in [7, 11) is 0. The van der Waals surface area contributed by atoms with Crippen LogP contribution in [0.4, 0.5) is 0 Å². The first-order valence-corrected chi connectivity index (χ1v) is 7.64. The van der Waals surface area contributed by atoms with E-state index in [9.17, 15) is 4.79 Å². The predicted molar refractivity (Wildman–Crippen MR) is 80.8 cm³/mol. The molecule has 1 amide bonds. The lowest BCUT2D eigenvalue weighted by atomic mass is 9.69. The average molecular weight is 325 g/mol. The van der Waals surface area contributed by atoms with Crippen molar-refractivity contribution in [1.29, 1.82) is 0 Å². The molecule has 0 bridgehead atoms. The van der Waals surface area contributed by atoms with E-state index in [1.54, 1.807) is 0 Å². The predicted octanol–water partition coefficient (Wildman–Crippen LogP) is 2.63. The van der Waals surface area contributed by atoms with Crippen LogP contribution in [0.5, 0.6) is 0 Å². The Bertz CT molecular complexity index is 421. The van der Waals surface area contributed by atoms with Crippen LogP contribution >= 0.6 is 15.9 Å². The zero-order valence-electron chi connectivity index (χ0n) is 11.1. The van der Waals surface area contributed by atoms with Gasteiger partial charge >= 0.3 is 0 Å². The standard InChI is InChI=1S/C15H21BrN2O/c16-13-5-2-12(3-6-13)4-7-14(19)18-11-15(10-17)8-1-9-15/h2-3,5-6H,1,4,7-11,17H2,(H,18,19). The van der Waals surface area contributed by atoms with Crippen molar-refractivity contribution in [3.05, 3.63) is 34.3 Å². The second kappa shape index (κ2) is 6.53. The van der Waals surface area contributed by atoms with Gasteiger partial charge in [0.05, 0.1) is 0 Å². The third-order valence-corrected chi connectivity index (χ3v) is 4.59. The highest BCUT2D eigenvalue weighted by Gasteiger charge is 2.35. The lowest BCUT2D eigenvalue weighted by molar-refractivity contribution is -0.121. The molecule has 0 unspecified atom stereocenters. The molecule has 2 rings (SSSR count). The number of rotatable bonds is 6. The Morgan fingerprint density at radius 2 is 2.00 bits per heavy atom. The van der Waals surface area contributed by atoms with Gasteiger partial charge in [0.1, 0.15) is 0 Å². The van der Waals surface area contributed by atoms with Gasteiger partial charge in [-0.1, -0.05) is 34.5 Å². The normalized spacial score (nSPS) is 16.7. The molecule has 1 fully saturated rings. The quantitative estimate of drug-likeness (QED) is 0.845. The Morgan fingerprint density at radius 1 is 1.32 bits per heavy atom. The maximum atomic E-state index is 11.8. The second-order valence-corrected chi connectivity index (χ2v) is 6.38. The first-order chi connectivity index (χ1) is 9.13.